The van der Waals surface area contributed by atoms with Crippen molar-refractivity contribution in [3.8, 4) is 0 Å². The zero-order valence-corrected chi connectivity index (χ0v) is 21.3. The lowest BCUT2D eigenvalue weighted by atomic mass is 10.1. The Labute approximate surface area is 221 Å². The summed E-state index contributed by atoms with van der Waals surface area (Å²) in [4.78, 5) is 32.1. The van der Waals surface area contributed by atoms with Gasteiger partial charge >= 0.3 is 12.1 Å². The van der Waals surface area contributed by atoms with Gasteiger partial charge in [0.15, 0.2) is 6.04 Å². The molecule has 1 aliphatic rings. The average Bonchev–Trinajstić information content (AvgIpc) is 3.57. The minimum atomic E-state index is -0.901. The summed E-state index contributed by atoms with van der Waals surface area (Å²) in [6, 6.07) is 22.6. The van der Waals surface area contributed by atoms with Crippen LogP contribution in [0.1, 0.15) is 16.1 Å². The van der Waals surface area contributed by atoms with Crippen LogP contribution in [0.5, 0.6) is 0 Å². The van der Waals surface area contributed by atoms with Crippen molar-refractivity contribution in [3.63, 3.8) is 0 Å². The van der Waals surface area contributed by atoms with Crippen molar-refractivity contribution >= 4 is 61.8 Å². The molecule has 0 aliphatic carbocycles. The number of thiazole rings is 1. The van der Waals surface area contributed by atoms with E-state index in [1.165, 1.54) is 23.1 Å². The zero-order valence-electron chi connectivity index (χ0n) is 19.7. The number of amides is 1. The standard InChI is InChI=1S/C27H24N4O4S2/c32-26(33)22-16-36-24(31-22)25-30-21-11-10-20(14-23(21)37-25)28-13-12-17-6-8-19(9-7-17)29-27(34)35-15-18-4-2-1-3-5-18/h1-11,14,22,28H,12-13,15-16H2,(H,29,34)(H,32,33). The molecule has 3 aromatic carbocycles. The van der Waals surface area contributed by atoms with Crippen LogP contribution in [-0.2, 0) is 22.6 Å². The van der Waals surface area contributed by atoms with Crippen LogP contribution in [0.15, 0.2) is 77.8 Å². The van der Waals surface area contributed by atoms with E-state index in [1.54, 1.807) is 0 Å². The van der Waals surface area contributed by atoms with Crippen molar-refractivity contribution in [2.45, 2.75) is 19.1 Å². The second kappa shape index (κ2) is 11.4. The van der Waals surface area contributed by atoms with Crippen molar-refractivity contribution in [1.29, 1.82) is 0 Å². The SMILES string of the molecule is O=C(Nc1ccc(CCNc2ccc3nc(C4=NC(C(=O)O)CS4)sc3c2)cc1)OCc1ccccc1. The van der Waals surface area contributed by atoms with Crippen molar-refractivity contribution in [1.82, 2.24) is 4.98 Å². The number of ether oxygens (including phenoxy) is 1. The molecule has 4 aromatic rings. The highest BCUT2D eigenvalue weighted by molar-refractivity contribution is 8.15. The number of carboxylic acids is 1. The lowest BCUT2D eigenvalue weighted by molar-refractivity contribution is -0.137. The summed E-state index contributed by atoms with van der Waals surface area (Å²) in [6.45, 7) is 0.968. The van der Waals surface area contributed by atoms with Gasteiger partial charge in [-0.3, -0.25) is 10.3 Å². The normalized spacial score (nSPS) is 14.8. The number of carboxylic acid groups (broad SMARTS) is 1. The highest BCUT2D eigenvalue weighted by Gasteiger charge is 2.26. The van der Waals surface area contributed by atoms with Gasteiger partial charge in [-0.2, -0.15) is 0 Å². The molecule has 188 valence electrons. The Kier molecular flexibility index (Phi) is 7.67. The molecule has 37 heavy (non-hydrogen) atoms. The summed E-state index contributed by atoms with van der Waals surface area (Å²) in [5.74, 6) is -0.453. The summed E-state index contributed by atoms with van der Waals surface area (Å²) >= 11 is 2.96. The Morgan fingerprint density at radius 3 is 2.54 bits per heavy atom. The number of rotatable bonds is 9. The van der Waals surface area contributed by atoms with E-state index in [2.05, 4.69) is 26.7 Å². The largest absolute Gasteiger partial charge is 0.480 e. The van der Waals surface area contributed by atoms with Gasteiger partial charge in [0.2, 0.25) is 0 Å². The molecular weight excluding hydrogens is 508 g/mol. The number of aliphatic carboxylic acids is 1. The Morgan fingerprint density at radius 1 is 1.00 bits per heavy atom. The number of fused-ring (bicyclic) bond motifs is 1. The van der Waals surface area contributed by atoms with Crippen LogP contribution in [0, 0.1) is 0 Å². The molecule has 10 heteroatoms. The van der Waals surface area contributed by atoms with Gasteiger partial charge in [-0.1, -0.05) is 42.5 Å². The van der Waals surface area contributed by atoms with Crippen LogP contribution >= 0.6 is 23.1 Å². The predicted molar refractivity (Wildman–Crippen MR) is 149 cm³/mol. The van der Waals surface area contributed by atoms with E-state index >= 15 is 0 Å². The number of carbonyl (C=O) groups is 2. The Balaban J connectivity index is 1.10. The van der Waals surface area contributed by atoms with Crippen molar-refractivity contribution < 1.29 is 19.4 Å². The fourth-order valence-corrected chi connectivity index (χ4v) is 5.83. The van der Waals surface area contributed by atoms with Gasteiger partial charge in [0.05, 0.1) is 10.2 Å². The molecule has 3 N–H and O–H groups in total. The molecule has 1 unspecified atom stereocenters. The Bertz CT molecular complexity index is 1440. The van der Waals surface area contributed by atoms with E-state index in [0.29, 0.717) is 16.5 Å². The quantitative estimate of drug-likeness (QED) is 0.255. The first kappa shape index (κ1) is 24.8. The molecular formula is C27H24N4O4S2. The van der Waals surface area contributed by atoms with Crippen molar-refractivity contribution in [2.75, 3.05) is 22.9 Å². The average molecular weight is 533 g/mol. The number of benzene rings is 3. The molecule has 0 spiro atoms. The van der Waals surface area contributed by atoms with E-state index in [4.69, 9.17) is 9.84 Å². The predicted octanol–water partition coefficient (Wildman–Crippen LogP) is 5.65. The summed E-state index contributed by atoms with van der Waals surface area (Å²) < 4.78 is 6.28. The molecule has 2 heterocycles. The summed E-state index contributed by atoms with van der Waals surface area (Å²) in [7, 11) is 0. The molecule has 1 aromatic heterocycles. The third-order valence-electron chi connectivity index (χ3n) is 5.66. The first-order chi connectivity index (χ1) is 18.0. The molecule has 8 nitrogen and oxygen atoms in total. The lowest BCUT2D eigenvalue weighted by Gasteiger charge is -2.09. The van der Waals surface area contributed by atoms with Gasteiger partial charge in [0.25, 0.3) is 0 Å². The van der Waals surface area contributed by atoms with Gasteiger partial charge in [-0.15, -0.1) is 23.1 Å². The number of carbonyl (C=O) groups excluding carboxylic acids is 1. The van der Waals surface area contributed by atoms with Crippen LogP contribution in [-0.4, -0.2) is 45.5 Å². The van der Waals surface area contributed by atoms with E-state index in [0.717, 1.165) is 45.0 Å². The molecule has 1 atom stereocenters. The van der Waals surface area contributed by atoms with Gasteiger partial charge in [-0.05, 0) is 47.9 Å². The topological polar surface area (TPSA) is 113 Å². The van der Waals surface area contributed by atoms with Gasteiger partial charge in [0, 0.05) is 23.7 Å². The number of hydrogen-bond acceptors (Lipinski definition) is 8. The molecule has 5 rings (SSSR count). The number of thioether (sulfide) groups is 1. The first-order valence-corrected chi connectivity index (χ1v) is 13.5. The second-order valence-electron chi connectivity index (χ2n) is 8.36. The van der Waals surface area contributed by atoms with Crippen LogP contribution in [0.3, 0.4) is 0 Å². The Morgan fingerprint density at radius 2 is 1.78 bits per heavy atom. The molecule has 1 aliphatic heterocycles. The number of nitrogens with one attached hydrogen (secondary N) is 2. The fourth-order valence-electron chi connectivity index (χ4n) is 3.73. The molecule has 0 bridgehead atoms. The van der Waals surface area contributed by atoms with Crippen LogP contribution in [0.2, 0.25) is 0 Å². The number of aromatic nitrogens is 1. The minimum Gasteiger partial charge on any atom is -0.480 e. The highest BCUT2D eigenvalue weighted by atomic mass is 32.2. The maximum atomic E-state index is 12.0. The first-order valence-electron chi connectivity index (χ1n) is 11.7. The van der Waals surface area contributed by atoms with E-state index in [9.17, 15) is 9.59 Å². The smallest absolute Gasteiger partial charge is 0.411 e. The molecule has 0 fully saturated rings. The molecule has 0 saturated carbocycles. The number of nitrogens with zero attached hydrogens (tertiary/aromatic N) is 2. The highest BCUT2D eigenvalue weighted by Crippen LogP contribution is 2.31. The monoisotopic (exact) mass is 532 g/mol. The molecule has 0 saturated heterocycles. The summed E-state index contributed by atoms with van der Waals surface area (Å²) in [5.41, 5.74) is 4.62. The fraction of sp³-hybridized carbons (Fsp3) is 0.185. The van der Waals surface area contributed by atoms with Crippen molar-refractivity contribution in [2.24, 2.45) is 4.99 Å². The van der Waals surface area contributed by atoms with Crippen LogP contribution in [0.25, 0.3) is 10.2 Å². The minimum absolute atomic E-state index is 0.226. The van der Waals surface area contributed by atoms with E-state index in [-0.39, 0.29) is 6.61 Å². The number of hydrogen-bond donors (Lipinski definition) is 3. The molecule has 0 radical (unpaired) electrons. The van der Waals surface area contributed by atoms with E-state index in [1.807, 2.05) is 66.7 Å². The van der Waals surface area contributed by atoms with Gasteiger partial charge < -0.3 is 15.2 Å². The number of aliphatic imine (C=N–C) groups is 1. The van der Waals surface area contributed by atoms with Gasteiger partial charge in [-0.25, -0.2) is 14.6 Å². The maximum absolute atomic E-state index is 12.0. The lowest BCUT2D eigenvalue weighted by Crippen LogP contribution is -2.17. The van der Waals surface area contributed by atoms with Gasteiger partial charge in [0.1, 0.15) is 16.7 Å². The number of anilines is 2. The van der Waals surface area contributed by atoms with Crippen LogP contribution in [0.4, 0.5) is 16.2 Å². The third-order valence-corrected chi connectivity index (χ3v) is 7.87. The van der Waals surface area contributed by atoms with E-state index < -0.39 is 18.1 Å². The zero-order chi connectivity index (χ0) is 25.6. The summed E-state index contributed by atoms with van der Waals surface area (Å²) in [5, 5.41) is 16.8. The van der Waals surface area contributed by atoms with Crippen molar-refractivity contribution in [3.05, 3.63) is 88.9 Å². The summed E-state index contributed by atoms with van der Waals surface area (Å²) in [6.07, 6.45) is 0.328. The second-order valence-corrected chi connectivity index (χ2v) is 10.4. The maximum Gasteiger partial charge on any atom is 0.411 e. The molecule has 1 amide bonds. The third kappa shape index (κ3) is 6.46. The van der Waals surface area contributed by atoms with Crippen LogP contribution < -0.4 is 10.6 Å². The Hall–Kier alpha value is -3.89.